The first-order valence-electron chi connectivity index (χ1n) is 5.51. The molecule has 0 bridgehead atoms. The van der Waals surface area contributed by atoms with Gasteiger partial charge in [-0.1, -0.05) is 13.3 Å². The molecule has 1 nitrogen and oxygen atoms in total. The Balaban J connectivity index is 2.28. The Bertz CT molecular complexity index is 187. The Hall–Kier alpha value is -0.480. The second-order valence-electron chi connectivity index (χ2n) is 3.88. The molecule has 0 aliphatic heterocycles. The molecular formula is C12H21N. The normalized spacial score (nSPS) is 26.9. The average Bonchev–Trinajstić information content (AvgIpc) is 2.59. The van der Waals surface area contributed by atoms with E-state index >= 15 is 0 Å². The van der Waals surface area contributed by atoms with Crippen LogP contribution in [0.25, 0.3) is 0 Å². The summed E-state index contributed by atoms with van der Waals surface area (Å²) in [5, 5.41) is 3.62. The van der Waals surface area contributed by atoms with Crippen LogP contribution >= 0.6 is 0 Å². The molecule has 1 heteroatoms. The maximum absolute atomic E-state index is 3.62. The lowest BCUT2D eigenvalue weighted by molar-refractivity contribution is 0.408. The van der Waals surface area contributed by atoms with Crippen molar-refractivity contribution in [2.24, 2.45) is 5.92 Å². The molecule has 13 heavy (non-hydrogen) atoms. The monoisotopic (exact) mass is 179 g/mol. The zero-order valence-electron chi connectivity index (χ0n) is 8.90. The topological polar surface area (TPSA) is 12.0 Å². The SMILES string of the molecule is CC#CCC1CCCC1NCCC. The van der Waals surface area contributed by atoms with Crippen molar-refractivity contribution in [2.45, 2.75) is 52.0 Å². The van der Waals surface area contributed by atoms with Crippen LogP contribution in [0.3, 0.4) is 0 Å². The van der Waals surface area contributed by atoms with E-state index in [1.165, 1.54) is 32.2 Å². The van der Waals surface area contributed by atoms with Gasteiger partial charge in [-0.3, -0.25) is 0 Å². The molecule has 1 saturated carbocycles. The number of hydrogen-bond acceptors (Lipinski definition) is 1. The van der Waals surface area contributed by atoms with Crippen molar-refractivity contribution in [2.75, 3.05) is 6.54 Å². The summed E-state index contributed by atoms with van der Waals surface area (Å²) in [6.07, 6.45) is 6.45. The van der Waals surface area contributed by atoms with Gasteiger partial charge < -0.3 is 5.32 Å². The molecule has 1 N–H and O–H groups in total. The van der Waals surface area contributed by atoms with E-state index < -0.39 is 0 Å². The highest BCUT2D eigenvalue weighted by Gasteiger charge is 2.25. The lowest BCUT2D eigenvalue weighted by Crippen LogP contribution is -2.32. The molecule has 1 fully saturated rings. The van der Waals surface area contributed by atoms with Gasteiger partial charge >= 0.3 is 0 Å². The van der Waals surface area contributed by atoms with E-state index in [-0.39, 0.29) is 0 Å². The molecule has 0 heterocycles. The first-order valence-corrected chi connectivity index (χ1v) is 5.51. The first kappa shape index (κ1) is 10.6. The summed E-state index contributed by atoms with van der Waals surface area (Å²) in [6.45, 7) is 5.33. The minimum atomic E-state index is 0.751. The molecule has 0 aromatic heterocycles. The number of hydrogen-bond donors (Lipinski definition) is 1. The van der Waals surface area contributed by atoms with Crippen LogP contribution < -0.4 is 5.32 Å². The summed E-state index contributed by atoms with van der Waals surface area (Å²) in [7, 11) is 0. The highest BCUT2D eigenvalue weighted by Crippen LogP contribution is 2.27. The van der Waals surface area contributed by atoms with Gasteiger partial charge in [-0.25, -0.2) is 0 Å². The zero-order chi connectivity index (χ0) is 9.52. The van der Waals surface area contributed by atoms with E-state index in [0.717, 1.165) is 18.4 Å². The largest absolute Gasteiger partial charge is 0.314 e. The van der Waals surface area contributed by atoms with E-state index in [1.807, 2.05) is 6.92 Å². The van der Waals surface area contributed by atoms with Crippen LogP contribution in [0.2, 0.25) is 0 Å². The zero-order valence-corrected chi connectivity index (χ0v) is 8.90. The fourth-order valence-corrected chi connectivity index (χ4v) is 2.11. The van der Waals surface area contributed by atoms with Crippen molar-refractivity contribution in [3.63, 3.8) is 0 Å². The van der Waals surface area contributed by atoms with Crippen LogP contribution in [0.4, 0.5) is 0 Å². The molecule has 1 aliphatic rings. The Morgan fingerprint density at radius 3 is 2.92 bits per heavy atom. The van der Waals surface area contributed by atoms with Crippen molar-refractivity contribution < 1.29 is 0 Å². The average molecular weight is 179 g/mol. The van der Waals surface area contributed by atoms with Crippen LogP contribution in [0.15, 0.2) is 0 Å². The second kappa shape index (κ2) is 6.05. The predicted octanol–water partition coefficient (Wildman–Crippen LogP) is 2.57. The van der Waals surface area contributed by atoms with Crippen LogP contribution in [0.5, 0.6) is 0 Å². The van der Waals surface area contributed by atoms with Crippen molar-refractivity contribution in [1.29, 1.82) is 0 Å². The van der Waals surface area contributed by atoms with Crippen molar-refractivity contribution in [3.05, 3.63) is 0 Å². The molecule has 0 radical (unpaired) electrons. The smallest absolute Gasteiger partial charge is 0.0132 e. The Morgan fingerprint density at radius 1 is 1.38 bits per heavy atom. The molecule has 2 atom stereocenters. The van der Waals surface area contributed by atoms with Gasteiger partial charge in [-0.15, -0.1) is 11.8 Å². The lowest BCUT2D eigenvalue weighted by atomic mass is 10.00. The van der Waals surface area contributed by atoms with E-state index in [9.17, 15) is 0 Å². The van der Waals surface area contributed by atoms with Crippen LogP contribution in [-0.4, -0.2) is 12.6 Å². The highest BCUT2D eigenvalue weighted by atomic mass is 14.9. The summed E-state index contributed by atoms with van der Waals surface area (Å²) in [6, 6.07) is 0.751. The quantitative estimate of drug-likeness (QED) is 0.654. The van der Waals surface area contributed by atoms with Gasteiger partial charge in [0.05, 0.1) is 0 Å². The summed E-state index contributed by atoms with van der Waals surface area (Å²) in [4.78, 5) is 0. The molecule has 2 unspecified atom stereocenters. The van der Waals surface area contributed by atoms with E-state index in [4.69, 9.17) is 0 Å². The van der Waals surface area contributed by atoms with Crippen LogP contribution in [0, 0.1) is 17.8 Å². The molecule has 1 aliphatic carbocycles. The predicted molar refractivity (Wildman–Crippen MR) is 57.5 cm³/mol. The van der Waals surface area contributed by atoms with Gasteiger partial charge in [-0.05, 0) is 38.6 Å². The van der Waals surface area contributed by atoms with Gasteiger partial charge in [0.25, 0.3) is 0 Å². The van der Waals surface area contributed by atoms with Crippen molar-refractivity contribution >= 4 is 0 Å². The highest BCUT2D eigenvalue weighted by molar-refractivity contribution is 4.99. The van der Waals surface area contributed by atoms with E-state index in [0.29, 0.717) is 0 Å². The Labute approximate surface area is 82.3 Å². The number of nitrogens with one attached hydrogen (secondary N) is 1. The number of rotatable bonds is 4. The van der Waals surface area contributed by atoms with Crippen molar-refractivity contribution in [3.8, 4) is 11.8 Å². The summed E-state index contributed by atoms with van der Waals surface area (Å²) in [5.41, 5.74) is 0. The summed E-state index contributed by atoms with van der Waals surface area (Å²) >= 11 is 0. The molecule has 0 spiro atoms. The second-order valence-corrected chi connectivity index (χ2v) is 3.88. The molecule has 0 aromatic carbocycles. The summed E-state index contributed by atoms with van der Waals surface area (Å²) < 4.78 is 0. The van der Waals surface area contributed by atoms with Gasteiger partial charge in [0, 0.05) is 12.5 Å². The standard InChI is InChI=1S/C12H21N/c1-3-5-7-11-8-6-9-12(11)13-10-4-2/h11-13H,4,6-10H2,1-2H3. The molecule has 74 valence electrons. The molecule has 0 aromatic rings. The lowest BCUT2D eigenvalue weighted by Gasteiger charge is -2.18. The third-order valence-corrected chi connectivity index (χ3v) is 2.86. The molecular weight excluding hydrogens is 158 g/mol. The fourth-order valence-electron chi connectivity index (χ4n) is 2.11. The minimum absolute atomic E-state index is 0.751. The molecule has 1 rings (SSSR count). The maximum Gasteiger partial charge on any atom is 0.0132 e. The summed E-state index contributed by atoms with van der Waals surface area (Å²) in [5.74, 6) is 7.02. The fraction of sp³-hybridized carbons (Fsp3) is 0.833. The van der Waals surface area contributed by atoms with Gasteiger partial charge in [0.2, 0.25) is 0 Å². The third-order valence-electron chi connectivity index (χ3n) is 2.86. The van der Waals surface area contributed by atoms with Crippen molar-refractivity contribution in [1.82, 2.24) is 5.32 Å². The Morgan fingerprint density at radius 2 is 2.23 bits per heavy atom. The molecule has 0 saturated heterocycles. The maximum atomic E-state index is 3.62. The minimum Gasteiger partial charge on any atom is -0.314 e. The van der Waals surface area contributed by atoms with Crippen LogP contribution in [0.1, 0.15) is 46.0 Å². The third kappa shape index (κ3) is 3.40. The first-order chi connectivity index (χ1) is 6.38. The van der Waals surface area contributed by atoms with E-state index in [2.05, 4.69) is 24.1 Å². The Kier molecular flexibility index (Phi) is 4.93. The van der Waals surface area contributed by atoms with E-state index in [1.54, 1.807) is 0 Å². The van der Waals surface area contributed by atoms with Gasteiger partial charge in [0.15, 0.2) is 0 Å². The van der Waals surface area contributed by atoms with Crippen LogP contribution in [-0.2, 0) is 0 Å². The van der Waals surface area contributed by atoms with Gasteiger partial charge in [-0.2, -0.15) is 0 Å². The molecule has 0 amide bonds. The van der Waals surface area contributed by atoms with Gasteiger partial charge in [0.1, 0.15) is 0 Å².